The van der Waals surface area contributed by atoms with Gasteiger partial charge >= 0.3 is 0 Å². The average molecular weight is 229 g/mol. The third kappa shape index (κ3) is 2.91. The number of hydrogen-bond donors (Lipinski definition) is 0. The SMILES string of the molecule is CCc1c(N=C=O)cc(N=C=O)cc1N=C=O. The smallest absolute Gasteiger partial charge is 0.211 e. The summed E-state index contributed by atoms with van der Waals surface area (Å²) in [7, 11) is 0. The lowest BCUT2D eigenvalue weighted by Gasteiger charge is -2.05. The molecule has 0 heterocycles. The molecule has 0 N–H and O–H groups in total. The van der Waals surface area contributed by atoms with E-state index in [-0.39, 0.29) is 17.1 Å². The Balaban J connectivity index is 3.60. The molecule has 17 heavy (non-hydrogen) atoms. The third-order valence-corrected chi connectivity index (χ3v) is 2.05. The Morgan fingerprint density at radius 2 is 1.41 bits per heavy atom. The highest BCUT2D eigenvalue weighted by Crippen LogP contribution is 2.34. The molecule has 0 saturated heterocycles. The number of hydrogen-bond acceptors (Lipinski definition) is 6. The normalized spacial score (nSPS) is 8.53. The van der Waals surface area contributed by atoms with Gasteiger partial charge < -0.3 is 0 Å². The van der Waals surface area contributed by atoms with Gasteiger partial charge in [-0.05, 0) is 18.6 Å². The van der Waals surface area contributed by atoms with Crippen LogP contribution in [-0.2, 0) is 20.8 Å². The van der Waals surface area contributed by atoms with E-state index in [0.717, 1.165) is 0 Å². The minimum absolute atomic E-state index is 0.209. The molecule has 0 bridgehead atoms. The van der Waals surface area contributed by atoms with E-state index in [1.165, 1.54) is 30.4 Å². The van der Waals surface area contributed by atoms with Crippen molar-refractivity contribution in [3.05, 3.63) is 17.7 Å². The molecule has 0 saturated carbocycles. The van der Waals surface area contributed by atoms with Crippen LogP contribution in [0, 0.1) is 0 Å². The number of nitrogens with zero attached hydrogens (tertiary/aromatic N) is 3. The predicted octanol–water partition coefficient (Wildman–Crippen LogP) is 2.15. The van der Waals surface area contributed by atoms with Crippen molar-refractivity contribution >= 4 is 35.3 Å². The van der Waals surface area contributed by atoms with Gasteiger partial charge in [0, 0.05) is 5.56 Å². The Bertz CT molecular complexity index is 537. The van der Waals surface area contributed by atoms with Crippen molar-refractivity contribution in [2.45, 2.75) is 13.3 Å². The summed E-state index contributed by atoms with van der Waals surface area (Å²) in [5.41, 5.74) is 1.34. The highest BCUT2D eigenvalue weighted by Gasteiger charge is 2.09. The molecule has 84 valence electrons. The van der Waals surface area contributed by atoms with E-state index in [1.54, 1.807) is 0 Å². The van der Waals surface area contributed by atoms with Crippen molar-refractivity contribution < 1.29 is 14.4 Å². The topological polar surface area (TPSA) is 88.3 Å². The molecule has 1 aromatic carbocycles. The summed E-state index contributed by atoms with van der Waals surface area (Å²) in [6.45, 7) is 1.81. The fourth-order valence-electron chi connectivity index (χ4n) is 1.40. The van der Waals surface area contributed by atoms with Gasteiger partial charge in [-0.3, -0.25) is 0 Å². The third-order valence-electron chi connectivity index (χ3n) is 2.05. The molecule has 0 aliphatic heterocycles. The lowest BCUT2D eigenvalue weighted by atomic mass is 10.1. The summed E-state index contributed by atoms with van der Waals surface area (Å²) in [4.78, 5) is 41.0. The van der Waals surface area contributed by atoms with Gasteiger partial charge in [-0.15, -0.1) is 0 Å². The molecule has 0 spiro atoms. The zero-order chi connectivity index (χ0) is 12.7. The highest BCUT2D eigenvalue weighted by molar-refractivity contribution is 5.72. The van der Waals surface area contributed by atoms with Crippen LogP contribution in [0.5, 0.6) is 0 Å². The van der Waals surface area contributed by atoms with Crippen LogP contribution in [0.4, 0.5) is 17.1 Å². The molecule has 0 aromatic heterocycles. The number of isocyanates is 3. The highest BCUT2D eigenvalue weighted by atomic mass is 16.1. The summed E-state index contributed by atoms with van der Waals surface area (Å²) in [5, 5.41) is 0. The Morgan fingerprint density at radius 3 is 1.76 bits per heavy atom. The van der Waals surface area contributed by atoms with Gasteiger partial charge in [0.05, 0.1) is 17.1 Å². The summed E-state index contributed by atoms with van der Waals surface area (Å²) in [6, 6.07) is 2.83. The first-order chi connectivity index (χ1) is 8.26. The van der Waals surface area contributed by atoms with E-state index in [9.17, 15) is 14.4 Å². The largest absolute Gasteiger partial charge is 0.240 e. The second-order valence-corrected chi connectivity index (χ2v) is 2.93. The second kappa shape index (κ2) is 6.05. The molecule has 0 unspecified atom stereocenters. The van der Waals surface area contributed by atoms with Crippen LogP contribution in [0.3, 0.4) is 0 Å². The van der Waals surface area contributed by atoms with E-state index in [2.05, 4.69) is 15.0 Å². The summed E-state index contributed by atoms with van der Waals surface area (Å²) in [6.07, 6.45) is 4.64. The Kier molecular flexibility index (Phi) is 4.43. The van der Waals surface area contributed by atoms with E-state index < -0.39 is 0 Å². The summed E-state index contributed by atoms with van der Waals surface area (Å²) < 4.78 is 0. The van der Waals surface area contributed by atoms with Gasteiger partial charge in [0.1, 0.15) is 0 Å². The van der Waals surface area contributed by atoms with Gasteiger partial charge in [-0.25, -0.2) is 14.4 Å². The van der Waals surface area contributed by atoms with Gasteiger partial charge in [0.15, 0.2) is 0 Å². The lowest BCUT2D eigenvalue weighted by Crippen LogP contribution is -1.83. The van der Waals surface area contributed by atoms with Crippen molar-refractivity contribution in [1.82, 2.24) is 0 Å². The molecule has 0 amide bonds. The number of aliphatic imine (C=N–C) groups is 3. The van der Waals surface area contributed by atoms with Crippen LogP contribution in [0.2, 0.25) is 0 Å². The molecule has 6 heteroatoms. The Labute approximate surface area is 96.4 Å². The Morgan fingerprint density at radius 1 is 0.941 bits per heavy atom. The predicted molar refractivity (Wildman–Crippen MR) is 59.2 cm³/mol. The Hall–Kier alpha value is -2.64. The second-order valence-electron chi connectivity index (χ2n) is 2.93. The lowest BCUT2D eigenvalue weighted by molar-refractivity contribution is 0.564. The van der Waals surface area contributed by atoms with Crippen LogP contribution in [0.15, 0.2) is 27.1 Å². The average Bonchev–Trinajstić information content (AvgIpc) is 2.30. The van der Waals surface area contributed by atoms with E-state index >= 15 is 0 Å². The maximum Gasteiger partial charge on any atom is 0.240 e. The molecule has 6 nitrogen and oxygen atoms in total. The fourth-order valence-corrected chi connectivity index (χ4v) is 1.40. The zero-order valence-corrected chi connectivity index (χ0v) is 8.93. The first-order valence-electron chi connectivity index (χ1n) is 4.67. The molecular formula is C11H7N3O3. The molecule has 0 atom stereocenters. The van der Waals surface area contributed by atoms with E-state index in [4.69, 9.17) is 0 Å². The quantitative estimate of drug-likeness (QED) is 0.585. The number of carbonyl (C=O) groups excluding carboxylic acids is 3. The van der Waals surface area contributed by atoms with Crippen molar-refractivity contribution in [1.29, 1.82) is 0 Å². The number of rotatable bonds is 4. The van der Waals surface area contributed by atoms with Crippen LogP contribution in [-0.4, -0.2) is 18.2 Å². The van der Waals surface area contributed by atoms with Gasteiger partial charge in [0.25, 0.3) is 0 Å². The monoisotopic (exact) mass is 229 g/mol. The maximum atomic E-state index is 10.3. The van der Waals surface area contributed by atoms with Gasteiger partial charge in [0.2, 0.25) is 18.2 Å². The molecule has 0 fully saturated rings. The standard InChI is InChI=1S/C11H7N3O3/c1-2-9-10(13-6-16)3-8(12-5-15)4-11(9)14-7-17/h3-4H,2H2,1H3. The molecule has 0 aliphatic rings. The molecule has 1 rings (SSSR count). The summed E-state index contributed by atoms with van der Waals surface area (Å²) in [5.74, 6) is 0. The van der Waals surface area contributed by atoms with Crippen molar-refractivity contribution in [3.63, 3.8) is 0 Å². The van der Waals surface area contributed by atoms with Crippen molar-refractivity contribution in [2.75, 3.05) is 0 Å². The minimum atomic E-state index is 0.209. The maximum absolute atomic E-state index is 10.3. The van der Waals surface area contributed by atoms with E-state index in [1.807, 2.05) is 6.92 Å². The minimum Gasteiger partial charge on any atom is -0.211 e. The first-order valence-corrected chi connectivity index (χ1v) is 4.67. The zero-order valence-electron chi connectivity index (χ0n) is 8.93. The van der Waals surface area contributed by atoms with Crippen molar-refractivity contribution in [2.24, 2.45) is 15.0 Å². The van der Waals surface area contributed by atoms with Crippen molar-refractivity contribution in [3.8, 4) is 0 Å². The number of benzene rings is 1. The summed E-state index contributed by atoms with van der Waals surface area (Å²) >= 11 is 0. The van der Waals surface area contributed by atoms with Crippen LogP contribution < -0.4 is 0 Å². The van der Waals surface area contributed by atoms with Gasteiger partial charge in [-0.2, -0.15) is 15.0 Å². The molecular weight excluding hydrogens is 222 g/mol. The van der Waals surface area contributed by atoms with Gasteiger partial charge in [-0.1, -0.05) is 6.92 Å². The van der Waals surface area contributed by atoms with Crippen LogP contribution in [0.25, 0.3) is 0 Å². The molecule has 0 aliphatic carbocycles. The molecule has 0 radical (unpaired) electrons. The van der Waals surface area contributed by atoms with E-state index in [0.29, 0.717) is 12.0 Å². The fraction of sp³-hybridized carbons (Fsp3) is 0.182. The molecule has 1 aromatic rings. The van der Waals surface area contributed by atoms with Crippen LogP contribution >= 0.6 is 0 Å². The first kappa shape index (κ1) is 12.4. The van der Waals surface area contributed by atoms with Crippen LogP contribution in [0.1, 0.15) is 12.5 Å².